The highest BCUT2D eigenvalue weighted by atomic mass is 16.5. The van der Waals surface area contributed by atoms with Gasteiger partial charge >= 0.3 is 0 Å². The van der Waals surface area contributed by atoms with Gasteiger partial charge in [-0.15, -0.1) is 0 Å². The molecule has 3 rings (SSSR count). The minimum atomic E-state index is -0.810. The first kappa shape index (κ1) is 23.9. The van der Waals surface area contributed by atoms with E-state index >= 15 is 0 Å². The molecule has 2 aliphatic heterocycles. The van der Waals surface area contributed by atoms with Crippen LogP contribution in [-0.4, -0.2) is 46.7 Å². The van der Waals surface area contributed by atoms with Crippen molar-refractivity contribution in [3.8, 4) is 0 Å². The lowest BCUT2D eigenvalue weighted by Crippen LogP contribution is -2.47. The Morgan fingerprint density at radius 1 is 0.839 bits per heavy atom. The number of rotatable bonds is 14. The Morgan fingerprint density at radius 2 is 1.32 bits per heavy atom. The molecule has 0 radical (unpaired) electrons. The van der Waals surface area contributed by atoms with Crippen molar-refractivity contribution in [1.82, 2.24) is 4.90 Å². The number of carbonyl (C=O) groups excluding carboxylic acids is 2. The van der Waals surface area contributed by atoms with Gasteiger partial charge in [-0.3, -0.25) is 14.5 Å². The van der Waals surface area contributed by atoms with Crippen LogP contribution in [0.15, 0.2) is 24.3 Å². The molecule has 5 heteroatoms. The van der Waals surface area contributed by atoms with E-state index < -0.39 is 12.1 Å². The molecule has 1 fully saturated rings. The van der Waals surface area contributed by atoms with E-state index in [2.05, 4.69) is 6.92 Å². The van der Waals surface area contributed by atoms with Gasteiger partial charge in [0, 0.05) is 0 Å². The molecule has 5 nitrogen and oxygen atoms in total. The average molecular weight is 430 g/mol. The molecule has 1 N–H and O–H groups in total. The monoisotopic (exact) mass is 429 g/mol. The van der Waals surface area contributed by atoms with E-state index in [9.17, 15) is 14.7 Å². The van der Waals surface area contributed by atoms with Crippen LogP contribution in [-0.2, 0) is 4.74 Å². The van der Waals surface area contributed by atoms with Crippen molar-refractivity contribution in [1.29, 1.82) is 0 Å². The molecule has 0 saturated carbocycles. The highest BCUT2D eigenvalue weighted by Crippen LogP contribution is 2.31. The number of hydrogen-bond acceptors (Lipinski definition) is 4. The third kappa shape index (κ3) is 6.17. The molecule has 3 atom stereocenters. The van der Waals surface area contributed by atoms with Gasteiger partial charge in [0.05, 0.1) is 29.9 Å². The molecular weight excluding hydrogens is 390 g/mol. The number of imide groups is 1. The van der Waals surface area contributed by atoms with E-state index in [4.69, 9.17) is 4.74 Å². The van der Waals surface area contributed by atoms with Crippen molar-refractivity contribution in [2.45, 2.75) is 109 Å². The van der Waals surface area contributed by atoms with Crippen molar-refractivity contribution in [3.63, 3.8) is 0 Å². The molecule has 172 valence electrons. The third-order valence-electron chi connectivity index (χ3n) is 6.76. The van der Waals surface area contributed by atoms with E-state index in [1.807, 2.05) is 0 Å². The zero-order valence-corrected chi connectivity index (χ0v) is 19.1. The summed E-state index contributed by atoms with van der Waals surface area (Å²) >= 11 is 0. The molecule has 0 spiro atoms. The maximum Gasteiger partial charge on any atom is 0.261 e. The molecule has 1 aromatic rings. The van der Waals surface area contributed by atoms with Crippen LogP contribution in [0.2, 0.25) is 0 Å². The summed E-state index contributed by atoms with van der Waals surface area (Å²) in [4.78, 5) is 26.5. The molecule has 2 amide bonds. The van der Waals surface area contributed by atoms with Crippen molar-refractivity contribution < 1.29 is 19.4 Å². The van der Waals surface area contributed by atoms with Crippen LogP contribution in [0.1, 0.15) is 111 Å². The lowest BCUT2D eigenvalue weighted by Gasteiger charge is -2.24. The number of hydrogen-bond donors (Lipinski definition) is 1. The highest BCUT2D eigenvalue weighted by molar-refractivity contribution is 6.21. The first-order valence-electron chi connectivity index (χ1n) is 12.4. The zero-order valence-electron chi connectivity index (χ0n) is 19.1. The molecule has 31 heavy (non-hydrogen) atoms. The van der Waals surface area contributed by atoms with Crippen molar-refractivity contribution in [3.05, 3.63) is 35.4 Å². The molecule has 0 aliphatic carbocycles. The summed E-state index contributed by atoms with van der Waals surface area (Å²) in [5.41, 5.74) is 0.841. The molecular formula is C26H39NO4. The maximum absolute atomic E-state index is 12.7. The third-order valence-corrected chi connectivity index (χ3v) is 6.76. The van der Waals surface area contributed by atoms with Crippen molar-refractivity contribution in [2.75, 3.05) is 6.61 Å². The Kier molecular flexibility index (Phi) is 9.54. The smallest absolute Gasteiger partial charge is 0.261 e. The topological polar surface area (TPSA) is 66.8 Å². The number of aliphatic hydroxyl groups excluding tert-OH is 1. The number of benzene rings is 1. The quantitative estimate of drug-likeness (QED) is 0.313. The SMILES string of the molecule is CCCCCCCCCCCCCC[C@H]1OC[C@H](N2C(=O)c3ccccc3C2=O)[C@@H]1O. The van der Waals surface area contributed by atoms with Crippen LogP contribution in [0.5, 0.6) is 0 Å². The van der Waals surface area contributed by atoms with E-state index in [1.54, 1.807) is 24.3 Å². The van der Waals surface area contributed by atoms with Crippen LogP contribution in [0.25, 0.3) is 0 Å². The summed E-state index contributed by atoms with van der Waals surface area (Å²) in [5.74, 6) is -0.640. The Labute approximate surface area is 187 Å². The van der Waals surface area contributed by atoms with Gasteiger partial charge in [0.15, 0.2) is 0 Å². The summed E-state index contributed by atoms with van der Waals surface area (Å²) < 4.78 is 5.79. The van der Waals surface area contributed by atoms with Crippen LogP contribution in [0.4, 0.5) is 0 Å². The first-order valence-corrected chi connectivity index (χ1v) is 12.4. The van der Waals surface area contributed by atoms with Gasteiger partial charge in [0.1, 0.15) is 6.10 Å². The molecule has 0 bridgehead atoms. The maximum atomic E-state index is 12.7. The van der Waals surface area contributed by atoms with E-state index in [-0.39, 0.29) is 24.5 Å². The van der Waals surface area contributed by atoms with Gasteiger partial charge in [-0.1, -0.05) is 96.1 Å². The largest absolute Gasteiger partial charge is 0.388 e. The average Bonchev–Trinajstić information content (AvgIpc) is 3.26. The van der Waals surface area contributed by atoms with Gasteiger partial charge in [-0.2, -0.15) is 0 Å². The van der Waals surface area contributed by atoms with Crippen LogP contribution in [0.3, 0.4) is 0 Å². The van der Waals surface area contributed by atoms with E-state index in [1.165, 1.54) is 69.1 Å². The van der Waals surface area contributed by atoms with Crippen LogP contribution >= 0.6 is 0 Å². The number of fused-ring (bicyclic) bond motifs is 1. The van der Waals surface area contributed by atoms with Gasteiger partial charge in [0.2, 0.25) is 0 Å². The zero-order chi connectivity index (χ0) is 22.1. The fourth-order valence-corrected chi connectivity index (χ4v) is 4.84. The fraction of sp³-hybridized carbons (Fsp3) is 0.692. The summed E-state index contributed by atoms with van der Waals surface area (Å²) in [7, 11) is 0. The Hall–Kier alpha value is -1.72. The lowest BCUT2D eigenvalue weighted by molar-refractivity contribution is 0.0253. The predicted molar refractivity (Wildman–Crippen MR) is 122 cm³/mol. The van der Waals surface area contributed by atoms with Crippen molar-refractivity contribution in [2.24, 2.45) is 0 Å². The Bertz CT molecular complexity index is 684. The summed E-state index contributed by atoms with van der Waals surface area (Å²) in [6.07, 6.45) is 15.2. The second kappa shape index (κ2) is 12.4. The van der Waals surface area contributed by atoms with E-state index in [0.29, 0.717) is 11.1 Å². The summed E-state index contributed by atoms with van der Waals surface area (Å²) in [6.45, 7) is 2.47. The Morgan fingerprint density at radius 3 is 1.84 bits per heavy atom. The second-order valence-corrected chi connectivity index (χ2v) is 9.13. The fourth-order valence-electron chi connectivity index (χ4n) is 4.84. The number of amides is 2. The van der Waals surface area contributed by atoms with Gasteiger partial charge in [-0.25, -0.2) is 0 Å². The summed E-state index contributed by atoms with van der Waals surface area (Å²) in [5, 5.41) is 10.7. The Balaban J connectivity index is 1.29. The molecule has 0 unspecified atom stereocenters. The van der Waals surface area contributed by atoms with Gasteiger partial charge < -0.3 is 9.84 Å². The highest BCUT2D eigenvalue weighted by Gasteiger charge is 2.47. The lowest BCUT2D eigenvalue weighted by atomic mass is 10.0. The molecule has 2 heterocycles. The molecule has 2 aliphatic rings. The number of unbranched alkanes of at least 4 members (excludes halogenated alkanes) is 11. The second-order valence-electron chi connectivity index (χ2n) is 9.13. The summed E-state index contributed by atoms with van der Waals surface area (Å²) in [6, 6.07) is 6.26. The van der Waals surface area contributed by atoms with Crippen LogP contribution in [0, 0.1) is 0 Å². The number of nitrogens with zero attached hydrogens (tertiary/aromatic N) is 1. The standard InChI is InChI=1S/C26H39NO4/c1-2-3-4-5-6-7-8-9-10-11-12-13-18-23-24(28)22(19-31-23)27-25(29)20-16-14-15-17-21(20)26(27)30/h14-17,22-24,28H,2-13,18-19H2,1H3/t22-,23+,24-/m0/s1. The number of carbonyl (C=O) groups is 2. The molecule has 0 aromatic heterocycles. The van der Waals surface area contributed by atoms with Crippen molar-refractivity contribution >= 4 is 11.8 Å². The van der Waals surface area contributed by atoms with Gasteiger partial charge in [0.25, 0.3) is 11.8 Å². The van der Waals surface area contributed by atoms with Crippen LogP contribution < -0.4 is 0 Å². The molecule has 1 aromatic carbocycles. The first-order chi connectivity index (χ1) is 15.1. The minimum absolute atomic E-state index is 0.218. The van der Waals surface area contributed by atoms with Gasteiger partial charge in [-0.05, 0) is 18.6 Å². The predicted octanol–water partition coefficient (Wildman–Crippen LogP) is 5.50. The van der Waals surface area contributed by atoms with E-state index in [0.717, 1.165) is 19.3 Å². The minimum Gasteiger partial charge on any atom is -0.388 e. The number of aliphatic hydroxyl groups is 1. The number of ether oxygens (including phenoxy) is 1. The molecule has 1 saturated heterocycles. The normalized spacial score (nSPS) is 23.0.